The van der Waals surface area contributed by atoms with Crippen molar-refractivity contribution in [2.75, 3.05) is 33.3 Å². The predicted molar refractivity (Wildman–Crippen MR) is 68.7 cm³/mol. The molecule has 1 aliphatic heterocycles. The lowest BCUT2D eigenvalue weighted by molar-refractivity contribution is 0.0919. The third-order valence-electron chi connectivity index (χ3n) is 3.98. The number of unbranched alkanes of at least 4 members (excludes halogenated alkanes) is 1. The van der Waals surface area contributed by atoms with Crippen molar-refractivity contribution in [2.24, 2.45) is 0 Å². The van der Waals surface area contributed by atoms with Gasteiger partial charge in [-0.3, -0.25) is 9.80 Å². The van der Waals surface area contributed by atoms with Gasteiger partial charge >= 0.3 is 0 Å². The topological polar surface area (TPSA) is 26.7 Å². The molecule has 1 fully saturated rings. The molecule has 0 saturated carbocycles. The number of likely N-dealkylation sites (N-methyl/N-ethyl adjacent to an activating group) is 1. The van der Waals surface area contributed by atoms with Gasteiger partial charge in [0.2, 0.25) is 0 Å². The lowest BCUT2D eigenvalue weighted by Crippen LogP contribution is -2.48. The molecule has 3 nitrogen and oxygen atoms in total. The molecule has 0 spiro atoms. The van der Waals surface area contributed by atoms with Gasteiger partial charge in [0.05, 0.1) is 6.61 Å². The monoisotopic (exact) mass is 228 g/mol. The van der Waals surface area contributed by atoms with Gasteiger partial charge in [0.25, 0.3) is 0 Å². The van der Waals surface area contributed by atoms with Crippen LogP contribution in [0.3, 0.4) is 0 Å². The van der Waals surface area contributed by atoms with Crippen LogP contribution in [-0.2, 0) is 0 Å². The summed E-state index contributed by atoms with van der Waals surface area (Å²) in [5.41, 5.74) is 0.271. The quantitative estimate of drug-likeness (QED) is 0.791. The van der Waals surface area contributed by atoms with Crippen LogP contribution in [0.1, 0.15) is 40.0 Å². The highest BCUT2D eigenvalue weighted by Crippen LogP contribution is 2.24. The van der Waals surface area contributed by atoms with Gasteiger partial charge in [-0.2, -0.15) is 0 Å². The van der Waals surface area contributed by atoms with Crippen LogP contribution < -0.4 is 0 Å². The van der Waals surface area contributed by atoms with Crippen LogP contribution in [0, 0.1) is 0 Å². The zero-order valence-electron chi connectivity index (χ0n) is 11.4. The average molecular weight is 228 g/mol. The summed E-state index contributed by atoms with van der Waals surface area (Å²) in [6.07, 6.45) is 3.68. The maximum absolute atomic E-state index is 9.43. The Balaban J connectivity index is 2.68. The van der Waals surface area contributed by atoms with E-state index in [-0.39, 0.29) is 12.1 Å². The Kier molecular flexibility index (Phi) is 5.22. The zero-order valence-corrected chi connectivity index (χ0v) is 11.4. The van der Waals surface area contributed by atoms with Gasteiger partial charge in [-0.1, -0.05) is 13.3 Å². The first-order valence-electron chi connectivity index (χ1n) is 6.57. The summed E-state index contributed by atoms with van der Waals surface area (Å²) in [4.78, 5) is 4.86. The minimum Gasteiger partial charge on any atom is -0.395 e. The molecule has 1 rings (SSSR count). The maximum atomic E-state index is 9.43. The second-order valence-corrected chi connectivity index (χ2v) is 5.68. The summed E-state index contributed by atoms with van der Waals surface area (Å²) in [7, 11) is 2.13. The van der Waals surface area contributed by atoms with E-state index in [9.17, 15) is 5.11 Å². The number of aliphatic hydroxyl groups is 1. The third kappa shape index (κ3) is 3.44. The summed E-state index contributed by atoms with van der Waals surface area (Å²) >= 11 is 0. The van der Waals surface area contributed by atoms with Crippen LogP contribution in [0.5, 0.6) is 0 Å². The first-order chi connectivity index (χ1) is 7.51. The predicted octanol–water partition coefficient (Wildman–Crippen LogP) is 1.56. The molecule has 1 atom stereocenters. The van der Waals surface area contributed by atoms with E-state index in [2.05, 4.69) is 37.6 Å². The molecule has 1 unspecified atom stereocenters. The molecular weight excluding hydrogens is 200 g/mol. The summed E-state index contributed by atoms with van der Waals surface area (Å²) in [6.45, 7) is 10.4. The lowest BCUT2D eigenvalue weighted by Gasteiger charge is -2.37. The highest BCUT2D eigenvalue weighted by atomic mass is 16.3. The third-order valence-corrected chi connectivity index (χ3v) is 3.98. The van der Waals surface area contributed by atoms with Crippen LogP contribution >= 0.6 is 0 Å². The van der Waals surface area contributed by atoms with Gasteiger partial charge in [0, 0.05) is 24.7 Å². The van der Waals surface area contributed by atoms with Crippen molar-refractivity contribution in [1.82, 2.24) is 9.80 Å². The van der Waals surface area contributed by atoms with E-state index in [1.54, 1.807) is 0 Å². The van der Waals surface area contributed by atoms with Gasteiger partial charge in [0.1, 0.15) is 0 Å². The van der Waals surface area contributed by atoms with Crippen molar-refractivity contribution in [3.63, 3.8) is 0 Å². The molecule has 96 valence electrons. The van der Waals surface area contributed by atoms with Gasteiger partial charge in [0.15, 0.2) is 0 Å². The minimum atomic E-state index is 0.271. The molecule has 0 aromatic carbocycles. The van der Waals surface area contributed by atoms with Crippen molar-refractivity contribution in [3.05, 3.63) is 0 Å². The number of aliphatic hydroxyl groups excluding tert-OH is 1. The Bertz CT molecular complexity index is 206. The van der Waals surface area contributed by atoms with Crippen LogP contribution in [0.15, 0.2) is 0 Å². The molecule has 1 heterocycles. The van der Waals surface area contributed by atoms with Crippen molar-refractivity contribution in [2.45, 2.75) is 51.6 Å². The largest absolute Gasteiger partial charge is 0.395 e. The fourth-order valence-electron chi connectivity index (χ4n) is 2.37. The Morgan fingerprint density at radius 3 is 2.62 bits per heavy atom. The maximum Gasteiger partial charge on any atom is 0.0599 e. The molecule has 16 heavy (non-hydrogen) atoms. The van der Waals surface area contributed by atoms with Crippen LogP contribution in [0.2, 0.25) is 0 Å². The van der Waals surface area contributed by atoms with Crippen molar-refractivity contribution in [1.29, 1.82) is 0 Å². The zero-order chi connectivity index (χ0) is 12.2. The standard InChI is InChI=1S/C13H28N2O/c1-5-6-8-15-10-12(11-16)14(4)9-7-13(15,2)3/h12,16H,5-11H2,1-4H3. The van der Waals surface area contributed by atoms with E-state index in [0.29, 0.717) is 6.04 Å². The molecular formula is C13H28N2O. The Hall–Kier alpha value is -0.120. The molecule has 1 aliphatic rings. The number of hydrogen-bond acceptors (Lipinski definition) is 3. The van der Waals surface area contributed by atoms with E-state index in [1.165, 1.54) is 19.3 Å². The molecule has 0 aliphatic carbocycles. The molecule has 0 bridgehead atoms. The Morgan fingerprint density at radius 1 is 1.38 bits per heavy atom. The summed E-state index contributed by atoms with van der Waals surface area (Å²) in [5.74, 6) is 0. The van der Waals surface area contributed by atoms with Gasteiger partial charge in [-0.25, -0.2) is 0 Å². The highest BCUT2D eigenvalue weighted by molar-refractivity contribution is 4.89. The molecule has 1 N–H and O–H groups in total. The smallest absolute Gasteiger partial charge is 0.0599 e. The summed E-state index contributed by atoms with van der Waals surface area (Å²) in [6, 6.07) is 0.304. The van der Waals surface area contributed by atoms with Crippen molar-refractivity contribution < 1.29 is 5.11 Å². The first kappa shape index (κ1) is 13.9. The highest BCUT2D eigenvalue weighted by Gasteiger charge is 2.33. The van der Waals surface area contributed by atoms with E-state index in [4.69, 9.17) is 0 Å². The number of rotatable bonds is 4. The van der Waals surface area contributed by atoms with Crippen LogP contribution in [0.4, 0.5) is 0 Å². The van der Waals surface area contributed by atoms with Crippen molar-refractivity contribution >= 4 is 0 Å². The molecule has 0 aromatic heterocycles. The minimum absolute atomic E-state index is 0.271. The SMILES string of the molecule is CCCCN1CC(CO)N(C)CCC1(C)C. The molecule has 0 amide bonds. The fraction of sp³-hybridized carbons (Fsp3) is 1.00. The summed E-state index contributed by atoms with van der Waals surface area (Å²) in [5, 5.41) is 9.43. The van der Waals surface area contributed by atoms with Crippen LogP contribution in [0.25, 0.3) is 0 Å². The molecule has 1 saturated heterocycles. The van der Waals surface area contributed by atoms with E-state index < -0.39 is 0 Å². The number of nitrogens with zero attached hydrogens (tertiary/aromatic N) is 2. The second-order valence-electron chi connectivity index (χ2n) is 5.68. The average Bonchev–Trinajstić information content (AvgIpc) is 2.35. The van der Waals surface area contributed by atoms with Gasteiger partial charge in [-0.15, -0.1) is 0 Å². The normalized spacial score (nSPS) is 27.9. The van der Waals surface area contributed by atoms with Gasteiger partial charge < -0.3 is 5.11 Å². The van der Waals surface area contributed by atoms with E-state index >= 15 is 0 Å². The van der Waals surface area contributed by atoms with E-state index in [0.717, 1.165) is 19.6 Å². The van der Waals surface area contributed by atoms with Crippen LogP contribution in [-0.4, -0.2) is 59.8 Å². The Morgan fingerprint density at radius 2 is 2.06 bits per heavy atom. The number of hydrogen-bond donors (Lipinski definition) is 1. The molecule has 3 heteroatoms. The fourth-order valence-corrected chi connectivity index (χ4v) is 2.37. The molecule has 0 aromatic rings. The second kappa shape index (κ2) is 5.99. The summed E-state index contributed by atoms with van der Waals surface area (Å²) < 4.78 is 0. The van der Waals surface area contributed by atoms with Crippen molar-refractivity contribution in [3.8, 4) is 0 Å². The van der Waals surface area contributed by atoms with E-state index in [1.807, 2.05) is 0 Å². The van der Waals surface area contributed by atoms with Gasteiger partial charge in [-0.05, 0) is 40.3 Å². The molecule has 0 radical (unpaired) electrons. The Labute approximate surface area is 100 Å². The lowest BCUT2D eigenvalue weighted by atomic mass is 9.98. The first-order valence-corrected chi connectivity index (χ1v) is 6.57.